The van der Waals surface area contributed by atoms with Gasteiger partial charge in [0.05, 0.1) is 5.69 Å². The molecule has 5 nitrogen and oxygen atoms in total. The zero-order chi connectivity index (χ0) is 16.4. The minimum Gasteiger partial charge on any atom is -0.262 e. The van der Waals surface area contributed by atoms with Crippen molar-refractivity contribution in [3.8, 4) is 11.3 Å². The average Bonchev–Trinajstić information content (AvgIpc) is 3.23. The molecule has 0 bridgehead atoms. The summed E-state index contributed by atoms with van der Waals surface area (Å²) in [4.78, 5) is 0.989. The molecule has 0 aliphatic carbocycles. The van der Waals surface area contributed by atoms with E-state index in [4.69, 9.17) is 0 Å². The molecule has 23 heavy (non-hydrogen) atoms. The molecular weight excluding hydrogens is 350 g/mol. The van der Waals surface area contributed by atoms with Crippen molar-refractivity contribution in [1.82, 2.24) is 14.5 Å². The molecule has 3 aromatic heterocycles. The Labute approximate surface area is 143 Å². The maximum Gasteiger partial charge on any atom is 0.250 e. The molecule has 0 unspecified atom stereocenters. The van der Waals surface area contributed by atoms with Gasteiger partial charge in [0.1, 0.15) is 4.21 Å². The molecule has 0 saturated heterocycles. The van der Waals surface area contributed by atoms with E-state index in [-0.39, 0.29) is 6.04 Å². The van der Waals surface area contributed by atoms with Gasteiger partial charge in [-0.25, -0.2) is 13.1 Å². The molecule has 0 amide bonds. The highest BCUT2D eigenvalue weighted by Gasteiger charge is 2.19. The van der Waals surface area contributed by atoms with Gasteiger partial charge in [-0.05, 0) is 37.4 Å². The first kappa shape index (κ1) is 16.4. The Bertz CT molecular complexity index is 877. The van der Waals surface area contributed by atoms with Crippen LogP contribution in [0.15, 0.2) is 45.4 Å². The van der Waals surface area contributed by atoms with Crippen molar-refractivity contribution in [2.24, 2.45) is 0 Å². The minimum absolute atomic E-state index is 0.219. The molecule has 0 atom stereocenters. The van der Waals surface area contributed by atoms with E-state index in [1.54, 1.807) is 12.3 Å². The second-order valence-corrected chi connectivity index (χ2v) is 9.25. The smallest absolute Gasteiger partial charge is 0.250 e. The molecule has 0 aromatic carbocycles. The number of aromatic nitrogens is 2. The molecule has 1 N–H and O–H groups in total. The summed E-state index contributed by atoms with van der Waals surface area (Å²) in [6.45, 7) is 4.41. The summed E-state index contributed by atoms with van der Waals surface area (Å²) in [7, 11) is -3.49. The van der Waals surface area contributed by atoms with Gasteiger partial charge in [-0.15, -0.1) is 22.7 Å². The van der Waals surface area contributed by atoms with Crippen molar-refractivity contribution >= 4 is 32.7 Å². The van der Waals surface area contributed by atoms with Crippen LogP contribution in [0.5, 0.6) is 0 Å². The van der Waals surface area contributed by atoms with Crippen molar-refractivity contribution in [2.45, 2.75) is 30.6 Å². The van der Waals surface area contributed by atoms with Gasteiger partial charge in [0.15, 0.2) is 0 Å². The maximum absolute atomic E-state index is 12.4. The Balaban J connectivity index is 1.82. The molecule has 3 heterocycles. The summed E-state index contributed by atoms with van der Waals surface area (Å²) in [6.07, 6.45) is 1.73. The van der Waals surface area contributed by atoms with Crippen LogP contribution in [-0.4, -0.2) is 18.2 Å². The predicted octanol–water partition coefficient (Wildman–Crippen LogP) is 3.73. The lowest BCUT2D eigenvalue weighted by Gasteiger charge is -2.09. The number of thiophene rings is 2. The highest BCUT2D eigenvalue weighted by molar-refractivity contribution is 7.91. The van der Waals surface area contributed by atoms with E-state index in [0.29, 0.717) is 10.8 Å². The molecule has 122 valence electrons. The zero-order valence-electron chi connectivity index (χ0n) is 12.8. The second-order valence-electron chi connectivity index (χ2n) is 5.31. The molecule has 0 spiro atoms. The third-order valence-electron chi connectivity index (χ3n) is 3.31. The number of sulfonamides is 1. The third kappa shape index (κ3) is 3.55. The van der Waals surface area contributed by atoms with Crippen LogP contribution >= 0.6 is 22.7 Å². The predicted molar refractivity (Wildman–Crippen MR) is 94.3 cm³/mol. The van der Waals surface area contributed by atoms with E-state index in [1.807, 2.05) is 47.5 Å². The molecule has 3 aromatic rings. The first-order chi connectivity index (χ1) is 11.0. The monoisotopic (exact) mass is 367 g/mol. The van der Waals surface area contributed by atoms with E-state index in [0.717, 1.165) is 16.1 Å². The number of nitrogens with one attached hydrogen (secondary N) is 1. The maximum atomic E-state index is 12.4. The fourth-order valence-corrected chi connectivity index (χ4v) is 5.16. The minimum atomic E-state index is -3.49. The highest BCUT2D eigenvalue weighted by Crippen LogP contribution is 2.29. The van der Waals surface area contributed by atoms with Crippen LogP contribution in [0.4, 0.5) is 0 Å². The average molecular weight is 368 g/mol. The molecule has 0 aliphatic heterocycles. The summed E-state index contributed by atoms with van der Waals surface area (Å²) in [6, 6.07) is 7.64. The summed E-state index contributed by atoms with van der Waals surface area (Å²) in [5.41, 5.74) is 1.80. The summed E-state index contributed by atoms with van der Waals surface area (Å²) < 4.78 is 29.7. The zero-order valence-corrected chi connectivity index (χ0v) is 15.2. The van der Waals surface area contributed by atoms with Gasteiger partial charge in [0.2, 0.25) is 10.0 Å². The Kier molecular flexibility index (Phi) is 4.67. The van der Waals surface area contributed by atoms with Gasteiger partial charge in [0.25, 0.3) is 0 Å². The Morgan fingerprint density at radius 1 is 1.30 bits per heavy atom. The molecule has 0 fully saturated rings. The van der Waals surface area contributed by atoms with E-state index in [2.05, 4.69) is 9.82 Å². The van der Waals surface area contributed by atoms with Gasteiger partial charge in [-0.1, -0.05) is 6.07 Å². The Hall–Kier alpha value is -1.48. The van der Waals surface area contributed by atoms with Gasteiger partial charge in [-0.2, -0.15) is 5.10 Å². The third-order valence-corrected chi connectivity index (χ3v) is 7.03. The van der Waals surface area contributed by atoms with Crippen LogP contribution in [0, 0.1) is 0 Å². The number of hydrogen-bond acceptors (Lipinski definition) is 5. The molecule has 8 heteroatoms. The summed E-state index contributed by atoms with van der Waals surface area (Å²) in [5.74, 6) is 0. The number of rotatable bonds is 6. The quantitative estimate of drug-likeness (QED) is 0.722. The molecular formula is C15H17N3O2S3. The van der Waals surface area contributed by atoms with Crippen LogP contribution in [0.25, 0.3) is 11.3 Å². The van der Waals surface area contributed by atoms with Crippen molar-refractivity contribution in [2.75, 3.05) is 0 Å². The van der Waals surface area contributed by atoms with Gasteiger partial charge in [0, 0.05) is 34.6 Å². The number of hydrogen-bond donors (Lipinski definition) is 1. The first-order valence-corrected chi connectivity index (χ1v) is 10.4. The van der Waals surface area contributed by atoms with Crippen LogP contribution in [0.3, 0.4) is 0 Å². The fraction of sp³-hybridized carbons (Fsp3) is 0.267. The fourth-order valence-electron chi connectivity index (χ4n) is 2.20. The van der Waals surface area contributed by atoms with Crippen LogP contribution in [0.1, 0.15) is 24.8 Å². The van der Waals surface area contributed by atoms with E-state index in [9.17, 15) is 8.42 Å². The highest BCUT2D eigenvalue weighted by atomic mass is 32.2. The SMILES string of the molecule is CC(C)n1nccc1-c1csc(S(=O)(=O)NCc2cccs2)c1. The lowest BCUT2D eigenvalue weighted by Crippen LogP contribution is -2.21. The molecule has 0 aliphatic rings. The Morgan fingerprint density at radius 3 is 2.83 bits per heavy atom. The van der Waals surface area contributed by atoms with Gasteiger partial charge >= 0.3 is 0 Å². The van der Waals surface area contributed by atoms with E-state index >= 15 is 0 Å². The number of nitrogens with zero attached hydrogens (tertiary/aromatic N) is 2. The van der Waals surface area contributed by atoms with Crippen molar-refractivity contribution in [3.63, 3.8) is 0 Å². The van der Waals surface area contributed by atoms with Crippen LogP contribution < -0.4 is 4.72 Å². The van der Waals surface area contributed by atoms with Gasteiger partial charge < -0.3 is 0 Å². The lowest BCUT2D eigenvalue weighted by molar-refractivity contribution is 0.538. The van der Waals surface area contributed by atoms with Crippen molar-refractivity contribution < 1.29 is 8.42 Å². The first-order valence-electron chi connectivity index (χ1n) is 7.12. The largest absolute Gasteiger partial charge is 0.262 e. The van der Waals surface area contributed by atoms with Crippen molar-refractivity contribution in [1.29, 1.82) is 0 Å². The summed E-state index contributed by atoms with van der Waals surface area (Å²) in [5, 5.41) is 8.08. The summed E-state index contributed by atoms with van der Waals surface area (Å²) >= 11 is 2.76. The van der Waals surface area contributed by atoms with Crippen LogP contribution in [-0.2, 0) is 16.6 Å². The second kappa shape index (κ2) is 6.56. The normalized spacial score (nSPS) is 12.1. The molecule has 0 radical (unpaired) electrons. The van der Waals surface area contributed by atoms with Gasteiger partial charge in [-0.3, -0.25) is 4.68 Å². The molecule has 0 saturated carbocycles. The standard InChI is InChI=1S/C15H17N3O2S3/c1-11(2)18-14(5-6-16-18)12-8-15(22-10-12)23(19,20)17-9-13-4-3-7-21-13/h3-8,10-11,17H,9H2,1-2H3. The lowest BCUT2D eigenvalue weighted by atomic mass is 10.2. The van der Waals surface area contributed by atoms with E-state index < -0.39 is 10.0 Å². The van der Waals surface area contributed by atoms with E-state index in [1.165, 1.54) is 22.7 Å². The molecule has 3 rings (SSSR count). The van der Waals surface area contributed by atoms with Crippen molar-refractivity contribution in [3.05, 3.63) is 46.1 Å². The van der Waals surface area contributed by atoms with Crippen LogP contribution in [0.2, 0.25) is 0 Å². The topological polar surface area (TPSA) is 64.0 Å². The Morgan fingerprint density at radius 2 is 2.13 bits per heavy atom.